The normalized spacial score (nSPS) is 18.9. The fourth-order valence-corrected chi connectivity index (χ4v) is 3.60. The van der Waals surface area contributed by atoms with Gasteiger partial charge in [0.15, 0.2) is 0 Å². The summed E-state index contributed by atoms with van der Waals surface area (Å²) < 4.78 is 5.77. The van der Waals surface area contributed by atoms with Gasteiger partial charge in [0.1, 0.15) is 5.75 Å². The van der Waals surface area contributed by atoms with Crippen LogP contribution in [-0.2, 0) is 16.1 Å². The predicted octanol–water partition coefficient (Wildman–Crippen LogP) is 3.93. The van der Waals surface area contributed by atoms with Gasteiger partial charge in [0.05, 0.1) is 24.0 Å². The molecule has 0 radical (unpaired) electrons. The van der Waals surface area contributed by atoms with Crippen molar-refractivity contribution in [3.63, 3.8) is 0 Å². The minimum absolute atomic E-state index is 0.00264. The van der Waals surface area contributed by atoms with Gasteiger partial charge in [0, 0.05) is 18.0 Å². The summed E-state index contributed by atoms with van der Waals surface area (Å²) >= 11 is 0. The Morgan fingerprint density at radius 3 is 2.31 bits per heavy atom. The maximum absolute atomic E-state index is 12.7. The number of hydrogen-bond donors (Lipinski definition) is 2. The Bertz CT molecular complexity index is 815. The van der Waals surface area contributed by atoms with E-state index >= 15 is 0 Å². The minimum Gasteiger partial charge on any atom is -0.489 e. The molecule has 3 rings (SSSR count). The molecule has 1 heterocycles. The molecule has 2 aromatic rings. The van der Waals surface area contributed by atoms with E-state index < -0.39 is 0 Å². The van der Waals surface area contributed by atoms with Crippen LogP contribution in [-0.4, -0.2) is 22.9 Å². The van der Waals surface area contributed by atoms with Crippen LogP contribution in [0, 0.1) is 11.8 Å². The van der Waals surface area contributed by atoms with Crippen molar-refractivity contribution in [1.29, 1.82) is 0 Å². The summed E-state index contributed by atoms with van der Waals surface area (Å²) in [5.74, 6) is 0.599. The molecule has 0 saturated heterocycles. The number of carbonyl (C=O) groups excluding carboxylic acids is 2. The maximum atomic E-state index is 12.7. The molecule has 1 aromatic carbocycles. The van der Waals surface area contributed by atoms with Crippen LogP contribution in [0.5, 0.6) is 5.75 Å². The van der Waals surface area contributed by atoms with Gasteiger partial charge in [-0.05, 0) is 63.8 Å². The van der Waals surface area contributed by atoms with Gasteiger partial charge in [-0.2, -0.15) is 0 Å². The summed E-state index contributed by atoms with van der Waals surface area (Å²) in [7, 11) is 0. The molecule has 0 spiro atoms. The van der Waals surface area contributed by atoms with Crippen LogP contribution in [0.1, 0.15) is 45.2 Å². The number of nitrogens with zero attached hydrogens (tertiary/aromatic N) is 1. The molecule has 0 atom stereocenters. The number of rotatable bonds is 7. The molecule has 1 aromatic heterocycles. The fourth-order valence-electron chi connectivity index (χ4n) is 3.60. The van der Waals surface area contributed by atoms with E-state index in [1.54, 1.807) is 6.20 Å². The number of pyridine rings is 1. The number of amides is 2. The van der Waals surface area contributed by atoms with Crippen molar-refractivity contribution in [3.05, 3.63) is 54.4 Å². The van der Waals surface area contributed by atoms with Crippen molar-refractivity contribution in [2.24, 2.45) is 11.8 Å². The Hall–Kier alpha value is -2.89. The van der Waals surface area contributed by atoms with E-state index in [-0.39, 0.29) is 29.8 Å². The summed E-state index contributed by atoms with van der Waals surface area (Å²) in [5, 5.41) is 5.96. The van der Waals surface area contributed by atoms with Crippen molar-refractivity contribution in [2.45, 2.75) is 52.2 Å². The quantitative estimate of drug-likeness (QED) is 0.744. The van der Waals surface area contributed by atoms with Gasteiger partial charge in [-0.3, -0.25) is 14.6 Å². The maximum Gasteiger partial charge on any atom is 0.227 e. The van der Waals surface area contributed by atoms with Gasteiger partial charge in [-0.15, -0.1) is 0 Å². The van der Waals surface area contributed by atoms with E-state index in [4.69, 9.17) is 4.74 Å². The number of benzene rings is 1. The van der Waals surface area contributed by atoms with Gasteiger partial charge in [-0.1, -0.05) is 18.2 Å². The van der Waals surface area contributed by atoms with Crippen LogP contribution < -0.4 is 15.4 Å². The van der Waals surface area contributed by atoms with Gasteiger partial charge in [0.25, 0.3) is 0 Å². The molecular formula is C23H29N3O3. The van der Waals surface area contributed by atoms with Gasteiger partial charge in [0.2, 0.25) is 11.8 Å². The second-order valence-electron chi connectivity index (χ2n) is 7.74. The monoisotopic (exact) mass is 395 g/mol. The molecule has 1 fully saturated rings. The van der Waals surface area contributed by atoms with E-state index in [9.17, 15) is 9.59 Å². The van der Waals surface area contributed by atoms with E-state index in [1.165, 1.54) is 0 Å². The summed E-state index contributed by atoms with van der Waals surface area (Å²) in [6, 6.07) is 13.1. The van der Waals surface area contributed by atoms with Gasteiger partial charge in [-0.25, -0.2) is 0 Å². The minimum atomic E-state index is -0.0815. The smallest absolute Gasteiger partial charge is 0.227 e. The number of carbonyl (C=O) groups is 2. The molecule has 1 aliphatic rings. The highest BCUT2D eigenvalue weighted by molar-refractivity contribution is 5.94. The van der Waals surface area contributed by atoms with E-state index in [0.717, 1.165) is 18.5 Å². The van der Waals surface area contributed by atoms with Crippen LogP contribution in [0.2, 0.25) is 0 Å². The van der Waals surface area contributed by atoms with Crippen LogP contribution in [0.3, 0.4) is 0 Å². The lowest BCUT2D eigenvalue weighted by molar-refractivity contribution is -0.128. The second-order valence-corrected chi connectivity index (χ2v) is 7.74. The van der Waals surface area contributed by atoms with E-state index in [2.05, 4.69) is 15.6 Å². The lowest BCUT2D eigenvalue weighted by Gasteiger charge is -2.27. The zero-order chi connectivity index (χ0) is 20.6. The van der Waals surface area contributed by atoms with Crippen LogP contribution in [0.4, 0.5) is 5.69 Å². The largest absolute Gasteiger partial charge is 0.489 e. The zero-order valence-corrected chi connectivity index (χ0v) is 17.1. The molecule has 2 N–H and O–H groups in total. The first-order valence-corrected chi connectivity index (χ1v) is 10.3. The lowest BCUT2D eigenvalue weighted by Crippen LogP contribution is -2.35. The topological polar surface area (TPSA) is 80.3 Å². The van der Waals surface area contributed by atoms with E-state index in [1.807, 2.05) is 56.3 Å². The molecule has 0 unspecified atom stereocenters. The number of anilines is 1. The molecule has 0 bridgehead atoms. The Morgan fingerprint density at radius 1 is 1.00 bits per heavy atom. The Labute approximate surface area is 172 Å². The molecular weight excluding hydrogens is 366 g/mol. The SMILES string of the molecule is CC(C)Oc1ccccc1NC(=O)C1CCC(C(=O)NCc2ccccn2)CC1. The fraction of sp³-hybridized carbons (Fsp3) is 0.435. The number of para-hydroxylation sites is 2. The van der Waals surface area contributed by atoms with Crippen molar-refractivity contribution in [3.8, 4) is 5.75 Å². The molecule has 0 aliphatic heterocycles. The molecule has 1 aliphatic carbocycles. The summed E-state index contributed by atoms with van der Waals surface area (Å²) in [6.07, 6.45) is 4.61. The predicted molar refractivity (Wildman–Crippen MR) is 112 cm³/mol. The first kappa shape index (κ1) is 20.8. The van der Waals surface area contributed by atoms with Crippen LogP contribution in [0.15, 0.2) is 48.7 Å². The third-order valence-electron chi connectivity index (χ3n) is 5.15. The molecule has 2 amide bonds. The van der Waals surface area contributed by atoms with Gasteiger partial charge < -0.3 is 15.4 Å². The average Bonchev–Trinajstić information content (AvgIpc) is 2.74. The summed E-state index contributed by atoms with van der Waals surface area (Å²) in [6.45, 7) is 4.35. The first-order chi connectivity index (χ1) is 14.0. The van der Waals surface area contributed by atoms with Crippen LogP contribution >= 0.6 is 0 Å². The van der Waals surface area contributed by atoms with Gasteiger partial charge >= 0.3 is 0 Å². The van der Waals surface area contributed by atoms with E-state index in [0.29, 0.717) is 30.8 Å². The first-order valence-electron chi connectivity index (χ1n) is 10.3. The zero-order valence-electron chi connectivity index (χ0n) is 17.1. The number of nitrogens with one attached hydrogen (secondary N) is 2. The van der Waals surface area contributed by atoms with Crippen LogP contribution in [0.25, 0.3) is 0 Å². The summed E-state index contributed by atoms with van der Waals surface area (Å²) in [4.78, 5) is 29.4. The Kier molecular flexibility index (Phi) is 7.22. The molecule has 6 heteroatoms. The standard InChI is InChI=1S/C23H29N3O3/c1-16(2)29-21-9-4-3-8-20(21)26-23(28)18-12-10-17(11-13-18)22(27)25-15-19-7-5-6-14-24-19/h3-9,14,16-18H,10-13,15H2,1-2H3,(H,25,27)(H,26,28). The Morgan fingerprint density at radius 2 is 1.66 bits per heavy atom. The molecule has 154 valence electrons. The molecule has 29 heavy (non-hydrogen) atoms. The average molecular weight is 396 g/mol. The summed E-state index contributed by atoms with van der Waals surface area (Å²) in [5.41, 5.74) is 1.54. The highest BCUT2D eigenvalue weighted by Gasteiger charge is 2.30. The van der Waals surface area contributed by atoms with Crippen molar-refractivity contribution in [2.75, 3.05) is 5.32 Å². The third-order valence-corrected chi connectivity index (χ3v) is 5.15. The second kappa shape index (κ2) is 10.0. The lowest BCUT2D eigenvalue weighted by atomic mass is 9.81. The van der Waals surface area contributed by atoms with Crippen molar-refractivity contribution in [1.82, 2.24) is 10.3 Å². The molecule has 1 saturated carbocycles. The third kappa shape index (κ3) is 6.04. The molecule has 6 nitrogen and oxygen atoms in total. The van der Waals surface area contributed by atoms with Crippen molar-refractivity contribution < 1.29 is 14.3 Å². The number of hydrogen-bond acceptors (Lipinski definition) is 4. The highest BCUT2D eigenvalue weighted by atomic mass is 16.5. The Balaban J connectivity index is 1.48. The number of ether oxygens (including phenoxy) is 1. The number of aromatic nitrogens is 1. The van der Waals surface area contributed by atoms with Crippen molar-refractivity contribution >= 4 is 17.5 Å². The highest BCUT2D eigenvalue weighted by Crippen LogP contribution is 2.31.